The van der Waals surface area contributed by atoms with Gasteiger partial charge in [0.25, 0.3) is 0 Å². The molecule has 3 aromatic heterocycles. The number of aryl methyl sites for hydroxylation is 1. The van der Waals surface area contributed by atoms with Crippen LogP contribution in [0.3, 0.4) is 0 Å². The van der Waals surface area contributed by atoms with E-state index in [4.69, 9.17) is 4.98 Å². The standard InChI is InChI=1S/C28H28N2O4S2/c1-2-3-8-26-29-17-25(30(26)18-19-9-11-20(12-10-19)27(31)32)23(15-21-6-4-13-35-21)24(28(33)34)16-22-7-5-14-36-22/h4-7,9-14,17H,2-3,8,15-16,18H2,1H3,(H,31,32)(H,33,34)/b24-23+. The maximum absolute atomic E-state index is 12.6. The summed E-state index contributed by atoms with van der Waals surface area (Å²) in [6.45, 7) is 2.61. The Balaban J connectivity index is 1.83. The summed E-state index contributed by atoms with van der Waals surface area (Å²) in [5, 5.41) is 23.5. The van der Waals surface area contributed by atoms with Crippen molar-refractivity contribution >= 4 is 40.2 Å². The van der Waals surface area contributed by atoms with Gasteiger partial charge in [-0.05, 0) is 52.6 Å². The first kappa shape index (κ1) is 25.6. The number of benzene rings is 1. The van der Waals surface area contributed by atoms with Crippen LogP contribution in [0.25, 0.3) is 5.57 Å². The van der Waals surface area contributed by atoms with E-state index in [0.717, 1.165) is 51.7 Å². The highest BCUT2D eigenvalue weighted by Crippen LogP contribution is 2.30. The third-order valence-electron chi connectivity index (χ3n) is 6.03. The first-order chi connectivity index (χ1) is 17.5. The van der Waals surface area contributed by atoms with Gasteiger partial charge in [0, 0.05) is 41.1 Å². The van der Waals surface area contributed by atoms with Gasteiger partial charge in [0.15, 0.2) is 0 Å². The van der Waals surface area contributed by atoms with Crippen molar-refractivity contribution in [3.05, 3.63) is 103 Å². The van der Waals surface area contributed by atoms with Crippen molar-refractivity contribution in [2.75, 3.05) is 0 Å². The second-order valence-electron chi connectivity index (χ2n) is 8.53. The van der Waals surface area contributed by atoms with E-state index in [2.05, 4.69) is 11.5 Å². The number of carboxylic acids is 2. The largest absolute Gasteiger partial charge is 0.478 e. The van der Waals surface area contributed by atoms with Crippen molar-refractivity contribution in [1.29, 1.82) is 0 Å². The number of imidazole rings is 1. The number of allylic oxidation sites excluding steroid dienone is 1. The zero-order valence-corrected chi connectivity index (χ0v) is 21.6. The molecule has 1 aromatic carbocycles. The van der Waals surface area contributed by atoms with Crippen molar-refractivity contribution in [3.8, 4) is 0 Å². The van der Waals surface area contributed by atoms with Gasteiger partial charge in [-0.15, -0.1) is 22.7 Å². The highest BCUT2D eigenvalue weighted by Gasteiger charge is 2.23. The molecule has 0 amide bonds. The third kappa shape index (κ3) is 6.19. The van der Waals surface area contributed by atoms with Crippen molar-refractivity contribution in [2.24, 2.45) is 0 Å². The van der Waals surface area contributed by atoms with Crippen LogP contribution >= 0.6 is 22.7 Å². The lowest BCUT2D eigenvalue weighted by molar-refractivity contribution is -0.132. The molecule has 0 spiro atoms. The number of aromatic carboxylic acids is 1. The summed E-state index contributed by atoms with van der Waals surface area (Å²) in [5.74, 6) is -0.989. The zero-order valence-electron chi connectivity index (χ0n) is 20.0. The monoisotopic (exact) mass is 520 g/mol. The molecule has 2 N–H and O–H groups in total. The first-order valence-corrected chi connectivity index (χ1v) is 13.6. The van der Waals surface area contributed by atoms with Crippen LogP contribution in [0.4, 0.5) is 0 Å². The fraction of sp³-hybridized carbons (Fsp3) is 0.250. The zero-order chi connectivity index (χ0) is 25.5. The van der Waals surface area contributed by atoms with Gasteiger partial charge < -0.3 is 14.8 Å². The van der Waals surface area contributed by atoms with Crippen LogP contribution in [-0.2, 0) is 30.6 Å². The smallest absolute Gasteiger partial charge is 0.335 e. The number of aliphatic carboxylic acids is 1. The van der Waals surface area contributed by atoms with E-state index in [9.17, 15) is 19.8 Å². The van der Waals surface area contributed by atoms with E-state index in [0.29, 0.717) is 25.0 Å². The number of hydrogen-bond donors (Lipinski definition) is 2. The van der Waals surface area contributed by atoms with Crippen LogP contribution in [0.2, 0.25) is 0 Å². The number of carbonyl (C=O) groups is 2. The molecule has 0 unspecified atom stereocenters. The van der Waals surface area contributed by atoms with E-state index < -0.39 is 11.9 Å². The van der Waals surface area contributed by atoms with Gasteiger partial charge in [-0.25, -0.2) is 14.6 Å². The van der Waals surface area contributed by atoms with Crippen LogP contribution in [0, 0.1) is 0 Å². The highest BCUT2D eigenvalue weighted by atomic mass is 32.1. The van der Waals surface area contributed by atoms with E-state index in [1.807, 2.05) is 47.2 Å². The number of nitrogens with zero attached hydrogens (tertiary/aromatic N) is 2. The minimum Gasteiger partial charge on any atom is -0.478 e. The predicted molar refractivity (Wildman–Crippen MR) is 144 cm³/mol. The van der Waals surface area contributed by atoms with Gasteiger partial charge >= 0.3 is 11.9 Å². The fourth-order valence-corrected chi connectivity index (χ4v) is 5.57. The predicted octanol–water partition coefficient (Wildman–Crippen LogP) is 6.42. The highest BCUT2D eigenvalue weighted by molar-refractivity contribution is 7.10. The minimum atomic E-state index is -0.964. The molecule has 4 rings (SSSR count). The lowest BCUT2D eigenvalue weighted by atomic mass is 9.97. The molecule has 0 aliphatic rings. The minimum absolute atomic E-state index is 0.234. The Bertz CT molecular complexity index is 1330. The fourth-order valence-electron chi connectivity index (χ4n) is 4.14. The number of thiophene rings is 2. The van der Waals surface area contributed by atoms with E-state index in [1.165, 1.54) is 0 Å². The van der Waals surface area contributed by atoms with Crippen molar-refractivity contribution in [3.63, 3.8) is 0 Å². The number of hydrogen-bond acceptors (Lipinski definition) is 5. The molecule has 8 heteroatoms. The number of carboxylic acid groups (broad SMARTS) is 2. The number of unbranched alkanes of at least 4 members (excludes halogenated alkanes) is 1. The summed E-state index contributed by atoms with van der Waals surface area (Å²) in [6, 6.07) is 14.7. The second-order valence-corrected chi connectivity index (χ2v) is 10.6. The molecular weight excluding hydrogens is 492 g/mol. The van der Waals surface area contributed by atoms with Gasteiger partial charge in [-0.2, -0.15) is 0 Å². The Morgan fingerprint density at radius 3 is 2.17 bits per heavy atom. The average Bonchev–Trinajstić information content (AvgIpc) is 3.63. The van der Waals surface area contributed by atoms with E-state index in [1.54, 1.807) is 41.0 Å². The number of rotatable bonds is 12. The topological polar surface area (TPSA) is 92.4 Å². The van der Waals surface area contributed by atoms with Gasteiger partial charge in [-0.3, -0.25) is 0 Å². The second kappa shape index (κ2) is 12.0. The molecule has 0 aliphatic heterocycles. The Morgan fingerprint density at radius 1 is 0.944 bits per heavy atom. The Labute approximate surface area is 218 Å². The molecule has 0 aliphatic carbocycles. The van der Waals surface area contributed by atoms with Crippen molar-refractivity contribution in [2.45, 2.75) is 45.6 Å². The lowest BCUT2D eigenvalue weighted by Gasteiger charge is -2.17. The maximum Gasteiger partial charge on any atom is 0.335 e. The van der Waals surface area contributed by atoms with Crippen molar-refractivity contribution < 1.29 is 19.8 Å². The summed E-state index contributed by atoms with van der Waals surface area (Å²) in [4.78, 5) is 30.7. The molecule has 4 aromatic rings. The van der Waals surface area contributed by atoms with Gasteiger partial charge in [0.2, 0.25) is 0 Å². The van der Waals surface area contributed by atoms with Crippen LogP contribution in [0.5, 0.6) is 0 Å². The molecule has 0 saturated heterocycles. The Kier molecular flexibility index (Phi) is 8.51. The van der Waals surface area contributed by atoms with Gasteiger partial charge in [0.05, 0.1) is 17.5 Å². The Hall–Kier alpha value is -3.49. The van der Waals surface area contributed by atoms with Crippen LogP contribution < -0.4 is 0 Å². The third-order valence-corrected chi connectivity index (χ3v) is 7.78. The number of aromatic nitrogens is 2. The maximum atomic E-state index is 12.6. The quantitative estimate of drug-likeness (QED) is 0.210. The molecule has 0 bridgehead atoms. The summed E-state index contributed by atoms with van der Waals surface area (Å²) in [7, 11) is 0. The average molecular weight is 521 g/mol. The molecule has 0 fully saturated rings. The molecule has 0 radical (unpaired) electrons. The first-order valence-electron chi connectivity index (χ1n) is 11.8. The molecule has 6 nitrogen and oxygen atoms in total. The lowest BCUT2D eigenvalue weighted by Crippen LogP contribution is -2.14. The summed E-state index contributed by atoms with van der Waals surface area (Å²) < 4.78 is 2.10. The molecule has 36 heavy (non-hydrogen) atoms. The van der Waals surface area contributed by atoms with E-state index in [-0.39, 0.29) is 5.56 Å². The molecule has 3 heterocycles. The van der Waals surface area contributed by atoms with Crippen molar-refractivity contribution in [1.82, 2.24) is 9.55 Å². The van der Waals surface area contributed by atoms with Crippen LogP contribution in [0.15, 0.2) is 71.1 Å². The summed E-state index contributed by atoms with van der Waals surface area (Å²) >= 11 is 3.16. The Morgan fingerprint density at radius 2 is 1.61 bits per heavy atom. The van der Waals surface area contributed by atoms with Crippen LogP contribution in [0.1, 0.15) is 57.0 Å². The molecular formula is C28H28N2O4S2. The SMILES string of the molecule is CCCCc1ncc(/C(Cc2cccs2)=C(\Cc2cccs2)C(=O)O)n1Cc1ccc(C(=O)O)cc1. The molecule has 0 saturated carbocycles. The van der Waals surface area contributed by atoms with Gasteiger partial charge in [-0.1, -0.05) is 37.6 Å². The summed E-state index contributed by atoms with van der Waals surface area (Å²) in [5.41, 5.74) is 3.09. The van der Waals surface area contributed by atoms with Crippen LogP contribution in [-0.4, -0.2) is 31.7 Å². The van der Waals surface area contributed by atoms with E-state index >= 15 is 0 Å². The normalized spacial score (nSPS) is 11.9. The van der Waals surface area contributed by atoms with Gasteiger partial charge in [0.1, 0.15) is 5.82 Å². The summed E-state index contributed by atoms with van der Waals surface area (Å²) in [6.07, 6.45) is 5.42. The molecule has 0 atom stereocenters. The molecule has 186 valence electrons.